The van der Waals surface area contributed by atoms with E-state index in [1.807, 2.05) is 4.90 Å². The maximum atomic E-state index is 12.4. The van der Waals surface area contributed by atoms with Gasteiger partial charge in [0.1, 0.15) is 11.0 Å². The molecule has 21 heavy (non-hydrogen) atoms. The van der Waals surface area contributed by atoms with Crippen molar-refractivity contribution >= 4 is 21.6 Å². The maximum Gasteiger partial charge on any atom is 0.408 e. The summed E-state index contributed by atoms with van der Waals surface area (Å²) >= 11 is 3.11. The molecule has 0 spiro atoms. The van der Waals surface area contributed by atoms with Gasteiger partial charge in [-0.05, 0) is 35.2 Å². The zero-order chi connectivity index (χ0) is 15.6. The van der Waals surface area contributed by atoms with Gasteiger partial charge in [-0.2, -0.15) is 18.3 Å². The highest BCUT2D eigenvalue weighted by molar-refractivity contribution is 9.10. The Morgan fingerprint density at radius 2 is 2.14 bits per heavy atom. The molecular formula is C12H16BrF3N4O. The summed E-state index contributed by atoms with van der Waals surface area (Å²) in [4.78, 5) is 13.9. The highest BCUT2D eigenvalue weighted by atomic mass is 79.9. The third-order valence-electron chi connectivity index (χ3n) is 3.50. The lowest BCUT2D eigenvalue weighted by Gasteiger charge is -2.37. The summed E-state index contributed by atoms with van der Waals surface area (Å²) < 4.78 is 37.7. The molecule has 1 unspecified atom stereocenters. The van der Waals surface area contributed by atoms with Crippen LogP contribution in [0.5, 0.6) is 0 Å². The van der Waals surface area contributed by atoms with Gasteiger partial charge < -0.3 is 10.6 Å². The Morgan fingerprint density at radius 3 is 2.76 bits per heavy atom. The van der Waals surface area contributed by atoms with Crippen LogP contribution in [0.25, 0.3) is 0 Å². The normalized spacial score (nSPS) is 19.9. The van der Waals surface area contributed by atoms with Gasteiger partial charge in [0.05, 0.1) is 11.9 Å². The van der Waals surface area contributed by atoms with Crippen LogP contribution in [0.1, 0.15) is 19.3 Å². The van der Waals surface area contributed by atoms with Gasteiger partial charge >= 0.3 is 6.18 Å². The molecule has 1 saturated heterocycles. The largest absolute Gasteiger partial charge is 0.408 e. The van der Waals surface area contributed by atoms with E-state index >= 15 is 0 Å². The molecule has 2 rings (SSSR count). The zero-order valence-corrected chi connectivity index (χ0v) is 12.8. The molecule has 0 radical (unpaired) electrons. The number of alkyl halides is 3. The smallest absolute Gasteiger partial charge is 0.365 e. The molecule has 1 aliphatic rings. The first kappa shape index (κ1) is 16.3. The van der Waals surface area contributed by atoms with E-state index in [-0.39, 0.29) is 10.5 Å². The van der Waals surface area contributed by atoms with E-state index in [9.17, 15) is 18.0 Å². The van der Waals surface area contributed by atoms with Gasteiger partial charge in [0.2, 0.25) is 0 Å². The first-order valence-electron chi connectivity index (χ1n) is 6.62. The van der Waals surface area contributed by atoms with Crippen molar-refractivity contribution in [2.24, 2.45) is 5.73 Å². The summed E-state index contributed by atoms with van der Waals surface area (Å²) in [6, 6.07) is 0.0784. The van der Waals surface area contributed by atoms with Crippen LogP contribution in [0.2, 0.25) is 0 Å². The van der Waals surface area contributed by atoms with E-state index in [0.29, 0.717) is 23.5 Å². The minimum absolute atomic E-state index is 0.0784. The van der Waals surface area contributed by atoms with Crippen molar-refractivity contribution in [3.8, 4) is 0 Å². The molecule has 0 saturated carbocycles. The van der Waals surface area contributed by atoms with Crippen LogP contribution in [0, 0.1) is 0 Å². The second kappa shape index (κ2) is 6.35. The van der Waals surface area contributed by atoms with E-state index in [1.54, 1.807) is 0 Å². The topological polar surface area (TPSA) is 64.2 Å². The van der Waals surface area contributed by atoms with Gasteiger partial charge in [0.15, 0.2) is 0 Å². The number of piperidine rings is 1. The second-order valence-corrected chi connectivity index (χ2v) is 5.79. The summed E-state index contributed by atoms with van der Waals surface area (Å²) in [6.45, 7) is -0.256. The monoisotopic (exact) mass is 368 g/mol. The standard InChI is InChI=1S/C12H16BrF3N4O/c13-10-9(19-4-2-1-3-8(19)5-17)6-18-20(11(10)21)7-12(14,15)16/h6,8H,1-5,7,17H2. The zero-order valence-electron chi connectivity index (χ0n) is 11.2. The number of halogens is 4. The molecule has 1 aromatic heterocycles. The van der Waals surface area contributed by atoms with Crippen LogP contribution in [0.4, 0.5) is 18.9 Å². The van der Waals surface area contributed by atoms with Crippen molar-refractivity contribution in [3.63, 3.8) is 0 Å². The number of hydrogen-bond donors (Lipinski definition) is 1. The number of aromatic nitrogens is 2. The van der Waals surface area contributed by atoms with Crippen molar-refractivity contribution < 1.29 is 13.2 Å². The van der Waals surface area contributed by atoms with Crippen molar-refractivity contribution in [1.82, 2.24) is 9.78 Å². The van der Waals surface area contributed by atoms with E-state index in [1.165, 1.54) is 6.20 Å². The summed E-state index contributed by atoms with van der Waals surface area (Å²) in [7, 11) is 0. The first-order chi connectivity index (χ1) is 9.83. The second-order valence-electron chi connectivity index (χ2n) is 5.00. The summed E-state index contributed by atoms with van der Waals surface area (Å²) in [6.07, 6.45) is -0.286. The van der Waals surface area contributed by atoms with Gasteiger partial charge in [-0.15, -0.1) is 0 Å². The molecule has 118 valence electrons. The molecule has 5 nitrogen and oxygen atoms in total. The maximum absolute atomic E-state index is 12.4. The average Bonchev–Trinajstić information content (AvgIpc) is 2.43. The molecule has 2 heterocycles. The Bertz CT molecular complexity index is 560. The van der Waals surface area contributed by atoms with Gasteiger partial charge in [-0.1, -0.05) is 0 Å². The molecule has 1 fully saturated rings. The molecular weight excluding hydrogens is 353 g/mol. The lowest BCUT2D eigenvalue weighted by Crippen LogP contribution is -2.45. The minimum atomic E-state index is -4.48. The Labute approximate surface area is 128 Å². The number of hydrogen-bond acceptors (Lipinski definition) is 4. The Balaban J connectivity index is 2.34. The molecule has 9 heteroatoms. The van der Waals surface area contributed by atoms with Crippen molar-refractivity contribution in [3.05, 3.63) is 21.0 Å². The Kier molecular flexibility index (Phi) is 4.92. The van der Waals surface area contributed by atoms with Gasteiger partial charge in [0.25, 0.3) is 5.56 Å². The van der Waals surface area contributed by atoms with E-state index in [0.717, 1.165) is 19.3 Å². The Hall–Kier alpha value is -1.09. The van der Waals surface area contributed by atoms with Gasteiger partial charge in [-0.25, -0.2) is 4.68 Å². The number of rotatable bonds is 3. The van der Waals surface area contributed by atoms with E-state index in [4.69, 9.17) is 5.73 Å². The Morgan fingerprint density at radius 1 is 1.43 bits per heavy atom. The van der Waals surface area contributed by atoms with Crippen molar-refractivity contribution in [2.75, 3.05) is 18.0 Å². The van der Waals surface area contributed by atoms with Crippen LogP contribution in [0.3, 0.4) is 0 Å². The fraction of sp³-hybridized carbons (Fsp3) is 0.667. The fourth-order valence-corrected chi connectivity index (χ4v) is 3.04. The molecule has 0 aliphatic carbocycles. The van der Waals surface area contributed by atoms with Crippen LogP contribution >= 0.6 is 15.9 Å². The predicted octanol–water partition coefficient (Wildman–Crippen LogP) is 1.89. The first-order valence-corrected chi connectivity index (χ1v) is 7.42. The molecule has 1 aliphatic heterocycles. The lowest BCUT2D eigenvalue weighted by molar-refractivity contribution is -0.143. The third-order valence-corrected chi connectivity index (χ3v) is 4.25. The highest BCUT2D eigenvalue weighted by Gasteiger charge is 2.31. The van der Waals surface area contributed by atoms with E-state index in [2.05, 4.69) is 21.0 Å². The third kappa shape index (κ3) is 3.76. The average molecular weight is 369 g/mol. The SMILES string of the molecule is NCC1CCCCN1c1cnn(CC(F)(F)F)c(=O)c1Br. The number of nitrogens with zero attached hydrogens (tertiary/aromatic N) is 3. The van der Waals surface area contributed by atoms with Crippen LogP contribution in [-0.4, -0.2) is 35.1 Å². The van der Waals surface area contributed by atoms with Crippen LogP contribution < -0.4 is 16.2 Å². The highest BCUT2D eigenvalue weighted by Crippen LogP contribution is 2.28. The molecule has 1 aromatic rings. The van der Waals surface area contributed by atoms with Crippen LogP contribution in [0.15, 0.2) is 15.5 Å². The van der Waals surface area contributed by atoms with E-state index < -0.39 is 18.3 Å². The van der Waals surface area contributed by atoms with Crippen LogP contribution in [-0.2, 0) is 6.54 Å². The molecule has 2 N–H and O–H groups in total. The van der Waals surface area contributed by atoms with Gasteiger partial charge in [-0.3, -0.25) is 4.79 Å². The minimum Gasteiger partial charge on any atom is -0.365 e. The lowest BCUT2D eigenvalue weighted by atomic mass is 10.0. The fourth-order valence-electron chi connectivity index (χ4n) is 2.50. The van der Waals surface area contributed by atoms with Gasteiger partial charge in [0, 0.05) is 19.1 Å². The predicted molar refractivity (Wildman–Crippen MR) is 76.3 cm³/mol. The molecule has 1 atom stereocenters. The number of anilines is 1. The summed E-state index contributed by atoms with van der Waals surface area (Å²) in [5.74, 6) is 0. The summed E-state index contributed by atoms with van der Waals surface area (Å²) in [5, 5.41) is 3.64. The summed E-state index contributed by atoms with van der Waals surface area (Å²) in [5.41, 5.74) is 5.44. The molecule has 0 aromatic carbocycles. The van der Waals surface area contributed by atoms with Crippen molar-refractivity contribution in [2.45, 2.75) is 38.0 Å². The van der Waals surface area contributed by atoms with Crippen molar-refractivity contribution in [1.29, 1.82) is 0 Å². The molecule has 0 amide bonds. The quantitative estimate of drug-likeness (QED) is 0.884. The molecule has 0 bridgehead atoms. The number of nitrogens with two attached hydrogens (primary N) is 1.